The van der Waals surface area contributed by atoms with E-state index in [0.29, 0.717) is 53.4 Å². The largest absolute Gasteiger partial charge is 0.490 e. The standard InChI is InChI=1S/C27H28IN3O7S/c1-3-37-21-14-18(13-20(28)25(21)38-17-24(33)36-2)15-22-26(34)31(27(35)39-22)16-23(32)30-11-9-29(10-12-30)19-7-5-4-6-8-19/h4-8,13-15H,3,9-12,16-17H2,1-2H3/b22-15+. The fourth-order valence-corrected chi connectivity index (χ4v) is 5.76. The zero-order valence-corrected chi connectivity index (χ0v) is 24.5. The number of imide groups is 1. The number of para-hydroxylation sites is 1. The van der Waals surface area contributed by atoms with Crippen LogP contribution in [0.5, 0.6) is 11.5 Å². The molecule has 0 radical (unpaired) electrons. The Morgan fingerprint density at radius 2 is 1.77 bits per heavy atom. The van der Waals surface area contributed by atoms with Crippen molar-refractivity contribution in [2.75, 3.05) is 57.9 Å². The molecule has 3 amide bonds. The highest BCUT2D eigenvalue weighted by molar-refractivity contribution is 14.1. The first kappa shape index (κ1) is 28.7. The summed E-state index contributed by atoms with van der Waals surface area (Å²) in [6.45, 7) is 3.98. The zero-order chi connectivity index (χ0) is 27.9. The number of hydrogen-bond donors (Lipinski definition) is 0. The van der Waals surface area contributed by atoms with Crippen molar-refractivity contribution < 1.29 is 33.4 Å². The third-order valence-corrected chi connectivity index (χ3v) is 7.82. The Kier molecular flexibility index (Phi) is 9.73. The highest BCUT2D eigenvalue weighted by Gasteiger charge is 2.37. The SMILES string of the molecule is CCOc1cc(/C=C2/SC(=O)N(CC(=O)N3CCN(c4ccccc4)CC3)C2=O)cc(I)c1OCC(=O)OC. The van der Waals surface area contributed by atoms with Crippen molar-refractivity contribution in [2.24, 2.45) is 0 Å². The Balaban J connectivity index is 1.41. The summed E-state index contributed by atoms with van der Waals surface area (Å²) in [4.78, 5) is 55.3. The summed E-state index contributed by atoms with van der Waals surface area (Å²) >= 11 is 2.84. The number of methoxy groups -OCH3 is 1. The molecular weight excluding hydrogens is 637 g/mol. The van der Waals surface area contributed by atoms with Crippen LogP contribution in [0, 0.1) is 3.57 Å². The van der Waals surface area contributed by atoms with Gasteiger partial charge in [0.15, 0.2) is 18.1 Å². The van der Waals surface area contributed by atoms with E-state index < -0.39 is 17.1 Å². The number of halogens is 1. The quantitative estimate of drug-likeness (QED) is 0.226. The number of esters is 1. The summed E-state index contributed by atoms with van der Waals surface area (Å²) < 4.78 is 16.5. The van der Waals surface area contributed by atoms with Crippen LogP contribution in [0.1, 0.15) is 12.5 Å². The molecule has 2 saturated heterocycles. The van der Waals surface area contributed by atoms with E-state index >= 15 is 0 Å². The second-order valence-corrected chi connectivity index (χ2v) is 10.8. The van der Waals surface area contributed by atoms with Crippen molar-refractivity contribution in [1.29, 1.82) is 0 Å². The van der Waals surface area contributed by atoms with E-state index in [4.69, 9.17) is 9.47 Å². The molecule has 0 spiro atoms. The maximum Gasteiger partial charge on any atom is 0.343 e. The maximum absolute atomic E-state index is 13.1. The third-order valence-electron chi connectivity index (χ3n) is 6.11. The number of nitrogens with zero attached hydrogens (tertiary/aromatic N) is 3. The summed E-state index contributed by atoms with van der Waals surface area (Å²) in [6, 6.07) is 13.4. The molecule has 10 nitrogen and oxygen atoms in total. The Hall–Kier alpha value is -3.26. The number of ether oxygens (including phenoxy) is 3. The minimum atomic E-state index is -0.529. The van der Waals surface area contributed by atoms with Crippen LogP contribution < -0.4 is 14.4 Å². The topological polar surface area (TPSA) is 106 Å². The van der Waals surface area contributed by atoms with Gasteiger partial charge in [-0.1, -0.05) is 18.2 Å². The van der Waals surface area contributed by atoms with Gasteiger partial charge in [0, 0.05) is 31.9 Å². The van der Waals surface area contributed by atoms with Crippen LogP contribution in [-0.2, 0) is 19.1 Å². The van der Waals surface area contributed by atoms with E-state index in [9.17, 15) is 19.2 Å². The van der Waals surface area contributed by atoms with Crippen LogP contribution in [0.25, 0.3) is 6.08 Å². The predicted molar refractivity (Wildman–Crippen MR) is 156 cm³/mol. The third kappa shape index (κ3) is 7.04. The molecule has 0 bridgehead atoms. The molecule has 0 saturated carbocycles. The normalized spacial score (nSPS) is 16.6. The average Bonchev–Trinajstić information content (AvgIpc) is 3.20. The highest BCUT2D eigenvalue weighted by Crippen LogP contribution is 2.37. The lowest BCUT2D eigenvalue weighted by Gasteiger charge is -2.36. The molecule has 39 heavy (non-hydrogen) atoms. The number of carbonyl (C=O) groups excluding carboxylic acids is 4. The van der Waals surface area contributed by atoms with Crippen LogP contribution in [-0.4, -0.2) is 85.9 Å². The molecule has 4 rings (SSSR count). The molecule has 2 aromatic rings. The van der Waals surface area contributed by atoms with Gasteiger partial charge in [0.25, 0.3) is 11.1 Å². The molecular formula is C27H28IN3O7S. The number of anilines is 1. The molecule has 0 N–H and O–H groups in total. The number of rotatable bonds is 9. The first-order valence-electron chi connectivity index (χ1n) is 12.3. The predicted octanol–water partition coefficient (Wildman–Crippen LogP) is 3.63. The molecule has 12 heteroatoms. The number of thioether (sulfide) groups is 1. The van der Waals surface area contributed by atoms with Gasteiger partial charge in [0.2, 0.25) is 5.91 Å². The van der Waals surface area contributed by atoms with Gasteiger partial charge in [0.05, 0.1) is 22.2 Å². The minimum Gasteiger partial charge on any atom is -0.490 e. The summed E-state index contributed by atoms with van der Waals surface area (Å²) in [5.41, 5.74) is 1.72. The van der Waals surface area contributed by atoms with Gasteiger partial charge in [-0.2, -0.15) is 0 Å². The summed E-state index contributed by atoms with van der Waals surface area (Å²) in [7, 11) is 1.27. The summed E-state index contributed by atoms with van der Waals surface area (Å²) in [5, 5.41) is -0.486. The molecule has 0 unspecified atom stereocenters. The van der Waals surface area contributed by atoms with Gasteiger partial charge in [-0.25, -0.2) is 4.79 Å². The smallest absolute Gasteiger partial charge is 0.343 e. The van der Waals surface area contributed by atoms with Crippen molar-refractivity contribution in [3.63, 3.8) is 0 Å². The molecule has 2 heterocycles. The maximum atomic E-state index is 13.1. The molecule has 2 aromatic carbocycles. The fraction of sp³-hybridized carbons (Fsp3) is 0.333. The molecule has 2 aliphatic rings. The van der Waals surface area contributed by atoms with E-state index in [1.807, 2.05) is 59.8 Å². The molecule has 2 fully saturated rings. The van der Waals surface area contributed by atoms with E-state index in [2.05, 4.69) is 9.64 Å². The van der Waals surface area contributed by atoms with Gasteiger partial charge in [-0.05, 0) is 77.2 Å². The number of carbonyl (C=O) groups is 4. The van der Waals surface area contributed by atoms with Gasteiger partial charge in [0.1, 0.15) is 6.54 Å². The molecule has 0 aromatic heterocycles. The van der Waals surface area contributed by atoms with Crippen LogP contribution >= 0.6 is 34.4 Å². The van der Waals surface area contributed by atoms with E-state index in [0.717, 1.165) is 22.3 Å². The first-order valence-corrected chi connectivity index (χ1v) is 14.2. The minimum absolute atomic E-state index is 0.211. The monoisotopic (exact) mass is 665 g/mol. The van der Waals surface area contributed by atoms with Crippen molar-refractivity contribution in [2.45, 2.75) is 6.92 Å². The fourth-order valence-electron chi connectivity index (χ4n) is 4.14. The lowest BCUT2D eigenvalue weighted by molar-refractivity contribution is -0.143. The van der Waals surface area contributed by atoms with Crippen molar-refractivity contribution in [3.8, 4) is 11.5 Å². The number of hydrogen-bond acceptors (Lipinski definition) is 9. The first-order chi connectivity index (χ1) is 18.8. The lowest BCUT2D eigenvalue weighted by Crippen LogP contribution is -2.51. The van der Waals surface area contributed by atoms with Crippen molar-refractivity contribution in [3.05, 3.63) is 56.5 Å². The second kappa shape index (κ2) is 13.2. The molecule has 0 atom stereocenters. The highest BCUT2D eigenvalue weighted by atomic mass is 127. The van der Waals surface area contributed by atoms with E-state index in [-0.39, 0.29) is 24.0 Å². The van der Waals surface area contributed by atoms with E-state index in [1.54, 1.807) is 23.1 Å². The van der Waals surface area contributed by atoms with Gasteiger partial charge in [-0.15, -0.1) is 0 Å². The Morgan fingerprint density at radius 1 is 1.05 bits per heavy atom. The zero-order valence-electron chi connectivity index (χ0n) is 21.6. The van der Waals surface area contributed by atoms with Gasteiger partial charge < -0.3 is 24.0 Å². The second-order valence-electron chi connectivity index (χ2n) is 8.60. The average molecular weight is 666 g/mol. The number of amides is 3. The molecule has 206 valence electrons. The lowest BCUT2D eigenvalue weighted by atomic mass is 10.2. The van der Waals surface area contributed by atoms with Gasteiger partial charge >= 0.3 is 5.97 Å². The molecule has 0 aliphatic carbocycles. The van der Waals surface area contributed by atoms with Crippen LogP contribution in [0.15, 0.2) is 47.4 Å². The van der Waals surface area contributed by atoms with E-state index in [1.165, 1.54) is 7.11 Å². The van der Waals surface area contributed by atoms with Crippen LogP contribution in [0.3, 0.4) is 0 Å². The van der Waals surface area contributed by atoms with Gasteiger partial charge in [-0.3, -0.25) is 19.3 Å². The molecule has 2 aliphatic heterocycles. The number of piperazine rings is 1. The number of benzene rings is 2. The summed E-state index contributed by atoms with van der Waals surface area (Å²) in [5.74, 6) is -0.528. The Bertz CT molecular complexity index is 1280. The van der Waals surface area contributed by atoms with Crippen molar-refractivity contribution in [1.82, 2.24) is 9.80 Å². The Labute approximate surface area is 244 Å². The van der Waals surface area contributed by atoms with Crippen molar-refractivity contribution >= 4 is 69.1 Å². The summed E-state index contributed by atoms with van der Waals surface area (Å²) in [6.07, 6.45) is 1.59. The van der Waals surface area contributed by atoms with Crippen LogP contribution in [0.2, 0.25) is 0 Å². The van der Waals surface area contributed by atoms with Crippen LogP contribution in [0.4, 0.5) is 10.5 Å². The Morgan fingerprint density at radius 3 is 2.44 bits per heavy atom.